The number of para-hydroxylation sites is 2. The highest BCUT2D eigenvalue weighted by molar-refractivity contribution is 9.11. The lowest BCUT2D eigenvalue weighted by Gasteiger charge is -2.22. The number of benzene rings is 2. The zero-order valence-corrected chi connectivity index (χ0v) is 15.0. The van der Waals surface area contributed by atoms with Crippen molar-refractivity contribution in [1.29, 1.82) is 0 Å². The van der Waals surface area contributed by atoms with E-state index in [1.54, 1.807) is 0 Å². The van der Waals surface area contributed by atoms with Crippen molar-refractivity contribution in [3.63, 3.8) is 0 Å². The summed E-state index contributed by atoms with van der Waals surface area (Å²) in [6.07, 6.45) is 0. The standard InChI is InChI=1S/C16H18Br2N2/c1-16(2,3)10-8-11(17)15(12(18)9-10)20-14-7-5-4-6-13(14)19/h4-9,20H,19H2,1-3H3. The van der Waals surface area contributed by atoms with E-state index in [1.165, 1.54) is 5.56 Å². The maximum Gasteiger partial charge on any atom is 0.0673 e. The summed E-state index contributed by atoms with van der Waals surface area (Å²) < 4.78 is 2.03. The van der Waals surface area contributed by atoms with Crippen molar-refractivity contribution in [2.24, 2.45) is 0 Å². The summed E-state index contributed by atoms with van der Waals surface area (Å²) in [6, 6.07) is 12.0. The average Bonchev–Trinajstić information content (AvgIpc) is 2.34. The molecule has 3 N–H and O–H groups in total. The number of hydrogen-bond acceptors (Lipinski definition) is 2. The lowest BCUT2D eigenvalue weighted by Crippen LogP contribution is -2.11. The molecular formula is C16H18Br2N2. The quantitative estimate of drug-likeness (QED) is 0.625. The first-order chi connectivity index (χ1) is 9.29. The van der Waals surface area contributed by atoms with E-state index in [4.69, 9.17) is 5.73 Å². The molecule has 0 saturated heterocycles. The smallest absolute Gasteiger partial charge is 0.0673 e. The van der Waals surface area contributed by atoms with E-state index in [9.17, 15) is 0 Å². The molecule has 0 saturated carbocycles. The minimum Gasteiger partial charge on any atom is -0.397 e. The minimum absolute atomic E-state index is 0.106. The van der Waals surface area contributed by atoms with E-state index in [0.29, 0.717) is 0 Å². The first kappa shape index (κ1) is 15.4. The average molecular weight is 398 g/mol. The highest BCUT2D eigenvalue weighted by Gasteiger charge is 2.17. The number of nitrogen functional groups attached to an aromatic ring is 1. The predicted molar refractivity (Wildman–Crippen MR) is 94.7 cm³/mol. The first-order valence-electron chi connectivity index (χ1n) is 6.40. The molecular weight excluding hydrogens is 380 g/mol. The molecule has 0 radical (unpaired) electrons. The van der Waals surface area contributed by atoms with E-state index >= 15 is 0 Å². The van der Waals surface area contributed by atoms with Gasteiger partial charge in [0.05, 0.1) is 17.1 Å². The largest absolute Gasteiger partial charge is 0.397 e. The molecule has 0 aliphatic carbocycles. The third kappa shape index (κ3) is 3.36. The number of nitrogens with one attached hydrogen (secondary N) is 1. The molecule has 0 fully saturated rings. The highest BCUT2D eigenvalue weighted by Crippen LogP contribution is 2.38. The van der Waals surface area contributed by atoms with Gasteiger partial charge in [-0.3, -0.25) is 0 Å². The van der Waals surface area contributed by atoms with E-state index in [1.807, 2.05) is 24.3 Å². The minimum atomic E-state index is 0.106. The lowest BCUT2D eigenvalue weighted by atomic mass is 9.87. The van der Waals surface area contributed by atoms with Gasteiger partial charge >= 0.3 is 0 Å². The maximum absolute atomic E-state index is 5.97. The molecule has 0 atom stereocenters. The van der Waals surface area contributed by atoms with Gasteiger partial charge in [-0.15, -0.1) is 0 Å². The Balaban J connectivity index is 2.42. The van der Waals surface area contributed by atoms with Crippen LogP contribution in [0.15, 0.2) is 45.3 Å². The molecule has 4 heteroatoms. The summed E-state index contributed by atoms with van der Waals surface area (Å²) in [7, 11) is 0. The Labute approximate surface area is 137 Å². The summed E-state index contributed by atoms with van der Waals surface area (Å²) >= 11 is 7.28. The van der Waals surface area contributed by atoms with Crippen LogP contribution in [-0.2, 0) is 5.41 Å². The lowest BCUT2D eigenvalue weighted by molar-refractivity contribution is 0.589. The molecule has 0 amide bonds. The normalized spacial score (nSPS) is 11.4. The van der Waals surface area contributed by atoms with Crippen molar-refractivity contribution in [2.75, 3.05) is 11.1 Å². The Bertz CT molecular complexity index is 608. The van der Waals surface area contributed by atoms with E-state index in [-0.39, 0.29) is 5.41 Å². The second-order valence-electron chi connectivity index (χ2n) is 5.78. The van der Waals surface area contributed by atoms with Gasteiger partial charge in [-0.2, -0.15) is 0 Å². The third-order valence-electron chi connectivity index (χ3n) is 3.13. The van der Waals surface area contributed by atoms with Crippen LogP contribution in [0.2, 0.25) is 0 Å². The highest BCUT2D eigenvalue weighted by atomic mass is 79.9. The van der Waals surface area contributed by atoms with Crippen molar-refractivity contribution in [3.05, 3.63) is 50.9 Å². The van der Waals surface area contributed by atoms with Gasteiger partial charge in [0.25, 0.3) is 0 Å². The maximum atomic E-state index is 5.97. The van der Waals surface area contributed by atoms with Crippen molar-refractivity contribution < 1.29 is 0 Å². The van der Waals surface area contributed by atoms with Gasteiger partial charge in [-0.25, -0.2) is 0 Å². The number of nitrogens with two attached hydrogens (primary N) is 1. The van der Waals surface area contributed by atoms with Gasteiger partial charge in [-0.1, -0.05) is 32.9 Å². The van der Waals surface area contributed by atoms with Gasteiger partial charge in [0.15, 0.2) is 0 Å². The number of anilines is 3. The molecule has 2 aromatic rings. The molecule has 0 aliphatic heterocycles. The monoisotopic (exact) mass is 396 g/mol. The van der Waals surface area contributed by atoms with Crippen molar-refractivity contribution in [3.8, 4) is 0 Å². The van der Waals surface area contributed by atoms with Crippen LogP contribution in [0, 0.1) is 0 Å². The molecule has 2 aromatic carbocycles. The van der Waals surface area contributed by atoms with E-state index in [0.717, 1.165) is 26.0 Å². The fourth-order valence-electron chi connectivity index (χ4n) is 1.87. The topological polar surface area (TPSA) is 38.0 Å². The van der Waals surface area contributed by atoms with Gasteiger partial charge in [0.1, 0.15) is 0 Å². The Morgan fingerprint density at radius 2 is 1.55 bits per heavy atom. The second-order valence-corrected chi connectivity index (χ2v) is 7.49. The van der Waals surface area contributed by atoms with Crippen LogP contribution in [0.4, 0.5) is 17.1 Å². The van der Waals surface area contributed by atoms with Crippen LogP contribution in [0.25, 0.3) is 0 Å². The van der Waals surface area contributed by atoms with Crippen molar-refractivity contribution in [1.82, 2.24) is 0 Å². The van der Waals surface area contributed by atoms with Gasteiger partial charge in [-0.05, 0) is 67.1 Å². The van der Waals surface area contributed by atoms with Gasteiger partial charge in [0, 0.05) is 8.95 Å². The van der Waals surface area contributed by atoms with Gasteiger partial charge < -0.3 is 11.1 Å². The molecule has 0 bridgehead atoms. The first-order valence-corrected chi connectivity index (χ1v) is 7.98. The number of hydrogen-bond donors (Lipinski definition) is 2. The van der Waals surface area contributed by atoms with Crippen LogP contribution in [0.5, 0.6) is 0 Å². The van der Waals surface area contributed by atoms with E-state index in [2.05, 4.69) is 70.1 Å². The fourth-order valence-corrected chi connectivity index (χ4v) is 3.26. The van der Waals surface area contributed by atoms with Crippen molar-refractivity contribution in [2.45, 2.75) is 26.2 Å². The Morgan fingerprint density at radius 1 is 1.00 bits per heavy atom. The summed E-state index contributed by atoms with van der Waals surface area (Å²) in [5.74, 6) is 0. The van der Waals surface area contributed by atoms with Crippen LogP contribution in [0.3, 0.4) is 0 Å². The summed E-state index contributed by atoms with van der Waals surface area (Å²) in [6.45, 7) is 6.59. The Morgan fingerprint density at radius 3 is 2.05 bits per heavy atom. The third-order valence-corrected chi connectivity index (χ3v) is 4.38. The number of halogens is 2. The molecule has 106 valence electrons. The Kier molecular flexibility index (Phi) is 4.45. The van der Waals surface area contributed by atoms with Gasteiger partial charge in [0.2, 0.25) is 0 Å². The fraction of sp³-hybridized carbons (Fsp3) is 0.250. The zero-order valence-electron chi connectivity index (χ0n) is 11.8. The molecule has 0 aliphatic rings. The number of rotatable bonds is 2. The Hall–Kier alpha value is -1.00. The summed E-state index contributed by atoms with van der Waals surface area (Å²) in [5, 5.41) is 3.37. The molecule has 20 heavy (non-hydrogen) atoms. The molecule has 0 heterocycles. The molecule has 2 nitrogen and oxygen atoms in total. The second kappa shape index (κ2) is 5.78. The molecule has 0 unspecified atom stereocenters. The van der Waals surface area contributed by atoms with Crippen LogP contribution < -0.4 is 11.1 Å². The summed E-state index contributed by atoms with van der Waals surface area (Å²) in [5.41, 5.74) is 9.96. The molecule has 0 aromatic heterocycles. The molecule has 0 spiro atoms. The van der Waals surface area contributed by atoms with Crippen LogP contribution >= 0.6 is 31.9 Å². The van der Waals surface area contributed by atoms with E-state index < -0.39 is 0 Å². The predicted octanol–water partition coefficient (Wildman–Crippen LogP) is 5.83. The summed E-state index contributed by atoms with van der Waals surface area (Å²) in [4.78, 5) is 0. The zero-order chi connectivity index (χ0) is 14.9. The van der Waals surface area contributed by atoms with Crippen LogP contribution in [0.1, 0.15) is 26.3 Å². The van der Waals surface area contributed by atoms with Crippen molar-refractivity contribution >= 4 is 48.9 Å². The SMILES string of the molecule is CC(C)(C)c1cc(Br)c(Nc2ccccc2N)c(Br)c1. The molecule has 2 rings (SSSR count). The van der Waals surface area contributed by atoms with Crippen LogP contribution in [-0.4, -0.2) is 0 Å².